The van der Waals surface area contributed by atoms with Crippen LogP contribution < -0.4 is 10.3 Å². The first-order valence-electron chi connectivity index (χ1n) is 5.93. The zero-order valence-electron chi connectivity index (χ0n) is 10.8. The number of hydrazine groups is 1. The van der Waals surface area contributed by atoms with Gasteiger partial charge in [0.15, 0.2) is 0 Å². The van der Waals surface area contributed by atoms with E-state index in [-0.39, 0.29) is 4.90 Å². The Bertz CT molecular complexity index is 695. The van der Waals surface area contributed by atoms with Crippen LogP contribution in [0.1, 0.15) is 15.9 Å². The average Bonchev–Trinajstić information content (AvgIpc) is 2.46. The topological polar surface area (TPSA) is 75.3 Å². The maximum atomic E-state index is 12.0. The summed E-state index contributed by atoms with van der Waals surface area (Å²) in [5, 5.41) is 0. The third-order valence-electron chi connectivity index (χ3n) is 2.67. The molecule has 2 aromatic carbocycles. The number of sulfonamides is 1. The van der Waals surface area contributed by atoms with E-state index >= 15 is 0 Å². The number of aryl methyl sites for hydroxylation is 1. The Balaban J connectivity index is 2.06. The first kappa shape index (κ1) is 14.2. The monoisotopic (exact) mass is 290 g/mol. The summed E-state index contributed by atoms with van der Waals surface area (Å²) in [4.78, 5) is 13.9. The third kappa shape index (κ3) is 3.43. The molecule has 5 nitrogen and oxygen atoms in total. The zero-order valence-corrected chi connectivity index (χ0v) is 11.6. The molecule has 0 fully saturated rings. The highest BCUT2D eigenvalue weighted by Crippen LogP contribution is 2.09. The fraction of sp³-hybridized carbons (Fsp3) is 0.0714. The van der Waals surface area contributed by atoms with Crippen LogP contribution in [0.5, 0.6) is 0 Å². The first-order chi connectivity index (χ1) is 9.49. The van der Waals surface area contributed by atoms with E-state index in [2.05, 4.69) is 10.3 Å². The van der Waals surface area contributed by atoms with Gasteiger partial charge in [-0.25, -0.2) is 8.42 Å². The summed E-state index contributed by atoms with van der Waals surface area (Å²) >= 11 is 0. The van der Waals surface area contributed by atoms with Gasteiger partial charge in [0.1, 0.15) is 0 Å². The van der Waals surface area contributed by atoms with Crippen LogP contribution in [0.3, 0.4) is 0 Å². The van der Waals surface area contributed by atoms with Crippen LogP contribution in [0.15, 0.2) is 59.5 Å². The normalized spacial score (nSPS) is 11.1. The highest BCUT2D eigenvalue weighted by Gasteiger charge is 2.15. The highest BCUT2D eigenvalue weighted by atomic mass is 32.2. The third-order valence-corrected chi connectivity index (χ3v) is 3.93. The summed E-state index contributed by atoms with van der Waals surface area (Å²) in [5.74, 6) is -0.513. The summed E-state index contributed by atoms with van der Waals surface area (Å²) in [6.45, 7) is 1.86. The molecular weight excluding hydrogens is 276 g/mol. The fourth-order valence-corrected chi connectivity index (χ4v) is 2.39. The molecule has 0 aliphatic rings. The molecule has 0 radical (unpaired) electrons. The molecular formula is C14H14N2O3S. The van der Waals surface area contributed by atoms with Crippen molar-refractivity contribution >= 4 is 15.9 Å². The van der Waals surface area contributed by atoms with Crippen molar-refractivity contribution in [2.75, 3.05) is 0 Å². The van der Waals surface area contributed by atoms with Gasteiger partial charge in [-0.05, 0) is 31.2 Å². The van der Waals surface area contributed by atoms with Crippen molar-refractivity contribution < 1.29 is 13.2 Å². The molecule has 0 aliphatic heterocycles. The second-order valence-corrected chi connectivity index (χ2v) is 5.92. The number of carbonyl (C=O) groups is 1. The standard InChI is InChI=1S/C14H14N2O3S/c1-11-7-9-13(10-8-11)20(18,19)16-15-14(17)12-5-3-2-4-6-12/h2-10,16H,1H3,(H,15,17). The van der Waals surface area contributed by atoms with Crippen molar-refractivity contribution in [3.8, 4) is 0 Å². The Morgan fingerprint density at radius 1 is 0.950 bits per heavy atom. The lowest BCUT2D eigenvalue weighted by Crippen LogP contribution is -2.41. The van der Waals surface area contributed by atoms with E-state index in [9.17, 15) is 13.2 Å². The molecule has 0 heterocycles. The molecule has 0 spiro atoms. The number of nitrogens with one attached hydrogen (secondary N) is 2. The smallest absolute Gasteiger partial charge is 0.266 e. The molecule has 2 rings (SSSR count). The number of carbonyl (C=O) groups excluding carboxylic acids is 1. The van der Waals surface area contributed by atoms with Gasteiger partial charge >= 0.3 is 0 Å². The minimum absolute atomic E-state index is 0.0939. The summed E-state index contributed by atoms with van der Waals surface area (Å²) in [6.07, 6.45) is 0. The summed E-state index contributed by atoms with van der Waals surface area (Å²) < 4.78 is 23.9. The zero-order chi connectivity index (χ0) is 14.6. The Labute approximate surface area is 117 Å². The van der Waals surface area contributed by atoms with Crippen molar-refractivity contribution in [3.63, 3.8) is 0 Å². The van der Waals surface area contributed by atoms with Crippen LogP contribution in [0.4, 0.5) is 0 Å². The van der Waals surface area contributed by atoms with Gasteiger partial charge in [-0.15, -0.1) is 4.83 Å². The molecule has 0 atom stereocenters. The van der Waals surface area contributed by atoms with E-state index < -0.39 is 15.9 Å². The Kier molecular flexibility index (Phi) is 4.16. The largest absolute Gasteiger partial charge is 0.273 e. The van der Waals surface area contributed by atoms with Gasteiger partial charge in [0, 0.05) is 5.56 Å². The minimum atomic E-state index is -3.76. The summed E-state index contributed by atoms with van der Waals surface area (Å²) in [7, 11) is -3.76. The van der Waals surface area contributed by atoms with Gasteiger partial charge in [0.2, 0.25) is 0 Å². The molecule has 0 aromatic heterocycles. The fourth-order valence-electron chi connectivity index (χ4n) is 1.55. The van der Waals surface area contributed by atoms with E-state index in [0.717, 1.165) is 5.56 Å². The predicted octanol–water partition coefficient (Wildman–Crippen LogP) is 1.62. The quantitative estimate of drug-likeness (QED) is 0.840. The van der Waals surface area contributed by atoms with E-state index in [1.54, 1.807) is 42.5 Å². The SMILES string of the molecule is Cc1ccc(S(=O)(=O)NNC(=O)c2ccccc2)cc1. The molecule has 0 unspecified atom stereocenters. The van der Waals surface area contributed by atoms with Crippen molar-refractivity contribution in [1.82, 2.24) is 10.3 Å². The van der Waals surface area contributed by atoms with E-state index in [1.165, 1.54) is 12.1 Å². The van der Waals surface area contributed by atoms with Gasteiger partial charge < -0.3 is 0 Å². The minimum Gasteiger partial charge on any atom is -0.273 e. The van der Waals surface area contributed by atoms with E-state index in [0.29, 0.717) is 5.56 Å². The van der Waals surface area contributed by atoms with Crippen molar-refractivity contribution in [3.05, 3.63) is 65.7 Å². The molecule has 1 amide bonds. The lowest BCUT2D eigenvalue weighted by Gasteiger charge is -2.08. The number of rotatable bonds is 4. The molecule has 0 saturated heterocycles. The number of hydrogen-bond acceptors (Lipinski definition) is 3. The molecule has 2 aromatic rings. The molecule has 20 heavy (non-hydrogen) atoms. The van der Waals surface area contributed by atoms with Crippen LogP contribution >= 0.6 is 0 Å². The predicted molar refractivity (Wildman–Crippen MR) is 75.4 cm³/mol. The maximum Gasteiger partial charge on any atom is 0.266 e. The molecule has 104 valence electrons. The van der Waals surface area contributed by atoms with Crippen molar-refractivity contribution in [2.45, 2.75) is 11.8 Å². The summed E-state index contributed by atoms with van der Waals surface area (Å²) in [6, 6.07) is 14.7. The van der Waals surface area contributed by atoms with Gasteiger partial charge in [-0.1, -0.05) is 35.9 Å². The lowest BCUT2D eigenvalue weighted by molar-refractivity contribution is 0.0945. The van der Waals surface area contributed by atoms with Crippen LogP contribution in [-0.2, 0) is 10.0 Å². The van der Waals surface area contributed by atoms with Gasteiger partial charge in [-0.2, -0.15) is 0 Å². The maximum absolute atomic E-state index is 12.0. The number of benzene rings is 2. The van der Waals surface area contributed by atoms with Crippen LogP contribution in [0.25, 0.3) is 0 Å². The second-order valence-electron chi connectivity index (χ2n) is 4.24. The number of amides is 1. The Morgan fingerprint density at radius 2 is 1.55 bits per heavy atom. The van der Waals surface area contributed by atoms with Crippen molar-refractivity contribution in [1.29, 1.82) is 0 Å². The number of hydrogen-bond donors (Lipinski definition) is 2. The van der Waals surface area contributed by atoms with E-state index in [1.807, 2.05) is 6.92 Å². The molecule has 6 heteroatoms. The first-order valence-corrected chi connectivity index (χ1v) is 7.41. The summed E-state index contributed by atoms with van der Waals surface area (Å²) in [5.41, 5.74) is 3.51. The highest BCUT2D eigenvalue weighted by molar-refractivity contribution is 7.89. The second kappa shape index (κ2) is 5.85. The van der Waals surface area contributed by atoms with E-state index in [4.69, 9.17) is 0 Å². The van der Waals surface area contributed by atoms with Gasteiger partial charge in [0.05, 0.1) is 4.90 Å². The molecule has 2 N–H and O–H groups in total. The van der Waals surface area contributed by atoms with Gasteiger partial charge in [-0.3, -0.25) is 10.2 Å². The Hall–Kier alpha value is -2.18. The van der Waals surface area contributed by atoms with Crippen molar-refractivity contribution in [2.24, 2.45) is 0 Å². The lowest BCUT2D eigenvalue weighted by atomic mass is 10.2. The Morgan fingerprint density at radius 3 is 2.15 bits per heavy atom. The van der Waals surface area contributed by atoms with Crippen LogP contribution in [0.2, 0.25) is 0 Å². The van der Waals surface area contributed by atoms with Crippen LogP contribution in [-0.4, -0.2) is 14.3 Å². The molecule has 0 aliphatic carbocycles. The average molecular weight is 290 g/mol. The van der Waals surface area contributed by atoms with Crippen LogP contribution in [0, 0.1) is 6.92 Å². The molecule has 0 bridgehead atoms. The van der Waals surface area contributed by atoms with Gasteiger partial charge in [0.25, 0.3) is 15.9 Å². The molecule has 0 saturated carbocycles.